The zero-order chi connectivity index (χ0) is 27.9. The Morgan fingerprint density at radius 2 is 2.03 bits per heavy atom. The Morgan fingerprint density at radius 3 is 2.69 bits per heavy atom. The summed E-state index contributed by atoms with van der Waals surface area (Å²) >= 11 is 2.76. The lowest BCUT2D eigenvalue weighted by Crippen LogP contribution is -2.40. The second kappa shape index (κ2) is 10.4. The monoisotopic (exact) mass is 568 g/mol. The third-order valence-corrected chi connectivity index (χ3v) is 8.20. The van der Waals surface area contributed by atoms with E-state index in [0.717, 1.165) is 34.6 Å². The maximum absolute atomic E-state index is 13.5. The molecule has 0 bridgehead atoms. The Hall–Kier alpha value is -3.76. The van der Waals surface area contributed by atoms with Crippen LogP contribution < -0.4 is 15.1 Å². The number of halogens is 1. The first kappa shape index (κ1) is 26.8. The van der Waals surface area contributed by atoms with Gasteiger partial charge in [0, 0.05) is 25.7 Å². The molecule has 204 valence electrons. The first-order valence-corrected chi connectivity index (χ1v) is 14.2. The molecular formula is C26H29FN8O2S2. The van der Waals surface area contributed by atoms with Crippen molar-refractivity contribution in [1.82, 2.24) is 24.9 Å². The minimum absolute atomic E-state index is 0.0333. The van der Waals surface area contributed by atoms with Crippen LogP contribution in [0.5, 0.6) is 0 Å². The highest BCUT2D eigenvalue weighted by molar-refractivity contribution is 7.20. The normalized spacial score (nSPS) is 15.5. The van der Waals surface area contributed by atoms with E-state index in [1.807, 2.05) is 44.2 Å². The molecule has 0 spiro atoms. The molecule has 13 heteroatoms. The smallest absolute Gasteiger partial charge is 0.407 e. The van der Waals surface area contributed by atoms with Crippen LogP contribution in [0.2, 0.25) is 0 Å². The number of nitrogens with zero attached hydrogens (tertiary/aromatic N) is 7. The number of nitrogens with one attached hydrogen (secondary N) is 1. The van der Waals surface area contributed by atoms with Gasteiger partial charge in [0.25, 0.3) is 0 Å². The highest BCUT2D eigenvalue weighted by Crippen LogP contribution is 2.38. The number of aromatic nitrogens is 4. The van der Waals surface area contributed by atoms with Crippen LogP contribution in [-0.2, 0) is 11.2 Å². The number of benzene rings is 1. The average molecular weight is 569 g/mol. The van der Waals surface area contributed by atoms with Crippen LogP contribution in [-0.4, -0.2) is 57.5 Å². The zero-order valence-corrected chi connectivity index (χ0v) is 24.0. The summed E-state index contributed by atoms with van der Waals surface area (Å²) in [5.74, 6) is 0.435. The van der Waals surface area contributed by atoms with E-state index in [1.165, 1.54) is 34.8 Å². The number of amides is 1. The number of alkyl carbamates (subject to hydrolysis) is 1. The molecule has 1 saturated heterocycles. The molecule has 10 nitrogen and oxygen atoms in total. The van der Waals surface area contributed by atoms with Crippen molar-refractivity contribution in [3.63, 3.8) is 0 Å². The summed E-state index contributed by atoms with van der Waals surface area (Å²) in [6, 6.07) is 8.15. The van der Waals surface area contributed by atoms with Crippen molar-refractivity contribution in [3.8, 4) is 17.3 Å². The van der Waals surface area contributed by atoms with Gasteiger partial charge in [0.05, 0.1) is 11.7 Å². The number of anilines is 3. The minimum atomic E-state index is -0.548. The molecule has 1 aromatic carbocycles. The van der Waals surface area contributed by atoms with Crippen molar-refractivity contribution >= 4 is 49.8 Å². The van der Waals surface area contributed by atoms with Gasteiger partial charge in [-0.05, 0) is 57.9 Å². The van der Waals surface area contributed by atoms with Gasteiger partial charge in [-0.15, -0.1) is 5.10 Å². The van der Waals surface area contributed by atoms with Crippen LogP contribution >= 0.6 is 22.7 Å². The summed E-state index contributed by atoms with van der Waals surface area (Å²) in [7, 11) is 1.88. The van der Waals surface area contributed by atoms with Crippen LogP contribution in [0.4, 0.5) is 25.3 Å². The molecule has 39 heavy (non-hydrogen) atoms. The number of rotatable bonds is 6. The first-order chi connectivity index (χ1) is 18.6. The quantitative estimate of drug-likeness (QED) is 0.331. The van der Waals surface area contributed by atoms with Crippen molar-refractivity contribution < 1.29 is 13.9 Å². The summed E-state index contributed by atoms with van der Waals surface area (Å²) < 4.78 is 20.7. The Balaban J connectivity index is 1.40. The van der Waals surface area contributed by atoms with Crippen molar-refractivity contribution in [1.29, 1.82) is 5.26 Å². The molecule has 0 radical (unpaired) electrons. The highest BCUT2D eigenvalue weighted by Gasteiger charge is 2.30. The van der Waals surface area contributed by atoms with Gasteiger partial charge in [-0.1, -0.05) is 29.6 Å². The number of hydrogen-bond acceptors (Lipinski definition) is 10. The Morgan fingerprint density at radius 1 is 1.28 bits per heavy atom. The van der Waals surface area contributed by atoms with E-state index in [4.69, 9.17) is 19.8 Å². The van der Waals surface area contributed by atoms with Crippen LogP contribution in [0, 0.1) is 17.1 Å². The van der Waals surface area contributed by atoms with Gasteiger partial charge in [-0.25, -0.2) is 19.2 Å². The fourth-order valence-electron chi connectivity index (χ4n) is 4.42. The van der Waals surface area contributed by atoms with Gasteiger partial charge < -0.3 is 19.9 Å². The van der Waals surface area contributed by atoms with Gasteiger partial charge in [-0.2, -0.15) is 9.78 Å². The fourth-order valence-corrected chi connectivity index (χ4v) is 6.22. The Labute approximate surface area is 233 Å². The molecule has 4 heterocycles. The van der Waals surface area contributed by atoms with E-state index < -0.39 is 11.7 Å². The average Bonchev–Trinajstić information content (AvgIpc) is 3.65. The molecule has 1 fully saturated rings. The number of carbonyl (C=O) groups is 1. The van der Waals surface area contributed by atoms with Gasteiger partial charge in [0.15, 0.2) is 10.9 Å². The van der Waals surface area contributed by atoms with E-state index in [-0.39, 0.29) is 11.9 Å². The number of imidazole rings is 1. The Bertz CT molecular complexity index is 1550. The zero-order valence-electron chi connectivity index (χ0n) is 22.4. The minimum Gasteiger partial charge on any atom is -0.444 e. The second-order valence-corrected chi connectivity index (χ2v) is 12.2. The molecule has 3 aromatic heterocycles. The number of thiazole rings is 1. The number of ether oxygens (including phenoxy) is 1. The van der Waals surface area contributed by atoms with Crippen LogP contribution in [0.15, 0.2) is 24.3 Å². The van der Waals surface area contributed by atoms with Gasteiger partial charge in [-0.3, -0.25) is 0 Å². The molecule has 4 aromatic rings. The first-order valence-electron chi connectivity index (χ1n) is 12.6. The Kier molecular flexibility index (Phi) is 7.17. The SMILES string of the molecule is CCc1nc2sc(N3CCC(NC(=O)OC(C)(C)C)C3)nn2c1N(C)c1nc(-c2ccc(F)cc2)c(C#N)s1. The number of aryl methyl sites for hydroxylation is 1. The standard InChI is InChI=1S/C26H29FN8O2S2/c1-6-18-21(33(5)22-31-20(19(13-28)38-22)15-7-9-16(27)10-8-15)35-23(30-18)39-24(32-35)34-12-11-17(14-34)29-25(36)37-26(2,3)4/h7-10,17H,6,11-12,14H2,1-5H3,(H,29,36). The van der Waals surface area contributed by atoms with Crippen LogP contribution in [0.1, 0.15) is 44.7 Å². The van der Waals surface area contributed by atoms with Gasteiger partial charge in [0.2, 0.25) is 10.1 Å². The maximum Gasteiger partial charge on any atom is 0.407 e. The maximum atomic E-state index is 13.5. The fraction of sp³-hybridized carbons (Fsp3) is 0.423. The summed E-state index contributed by atoms with van der Waals surface area (Å²) in [6.07, 6.45) is 1.06. The summed E-state index contributed by atoms with van der Waals surface area (Å²) in [6.45, 7) is 8.94. The lowest BCUT2D eigenvalue weighted by Gasteiger charge is -2.21. The van der Waals surface area contributed by atoms with Gasteiger partial charge >= 0.3 is 6.09 Å². The molecular weight excluding hydrogens is 539 g/mol. The van der Waals surface area contributed by atoms with Crippen molar-refractivity contribution in [3.05, 3.63) is 40.7 Å². The van der Waals surface area contributed by atoms with Crippen molar-refractivity contribution in [2.75, 3.05) is 29.9 Å². The van der Waals surface area contributed by atoms with Crippen LogP contribution in [0.3, 0.4) is 0 Å². The third-order valence-electron chi connectivity index (χ3n) is 6.19. The van der Waals surface area contributed by atoms with Crippen LogP contribution in [0.25, 0.3) is 16.2 Å². The third kappa shape index (κ3) is 5.53. The van der Waals surface area contributed by atoms with E-state index in [1.54, 1.807) is 12.1 Å². The van der Waals surface area contributed by atoms with Crippen molar-refractivity contribution in [2.45, 2.75) is 52.2 Å². The predicted molar refractivity (Wildman–Crippen MR) is 151 cm³/mol. The molecule has 0 aliphatic carbocycles. The van der Waals surface area contributed by atoms with E-state index in [0.29, 0.717) is 34.2 Å². The van der Waals surface area contributed by atoms with Crippen molar-refractivity contribution in [2.24, 2.45) is 0 Å². The van der Waals surface area contributed by atoms with E-state index >= 15 is 0 Å². The summed E-state index contributed by atoms with van der Waals surface area (Å²) in [5, 5.41) is 19.0. The van der Waals surface area contributed by atoms with E-state index in [2.05, 4.69) is 16.3 Å². The molecule has 1 N–H and O–H groups in total. The largest absolute Gasteiger partial charge is 0.444 e. The summed E-state index contributed by atoms with van der Waals surface area (Å²) in [5.41, 5.74) is 1.51. The topological polar surface area (TPSA) is 112 Å². The molecule has 1 unspecified atom stereocenters. The lowest BCUT2D eigenvalue weighted by atomic mass is 10.1. The molecule has 1 aliphatic heterocycles. The molecule has 5 rings (SSSR count). The molecule has 1 atom stereocenters. The predicted octanol–water partition coefficient (Wildman–Crippen LogP) is 5.36. The lowest BCUT2D eigenvalue weighted by molar-refractivity contribution is 0.0509. The second-order valence-electron chi connectivity index (χ2n) is 10.2. The number of hydrogen-bond donors (Lipinski definition) is 1. The number of fused-ring (bicyclic) bond motifs is 1. The summed E-state index contributed by atoms with van der Waals surface area (Å²) in [4.78, 5) is 27.0. The number of carbonyl (C=O) groups excluding carboxylic acids is 1. The molecule has 1 aliphatic rings. The van der Waals surface area contributed by atoms with E-state index in [9.17, 15) is 14.4 Å². The molecule has 0 saturated carbocycles. The molecule has 1 amide bonds. The highest BCUT2D eigenvalue weighted by atomic mass is 32.1. The van der Waals surface area contributed by atoms with Gasteiger partial charge in [0.1, 0.15) is 28.1 Å². The number of nitriles is 1.